The Morgan fingerprint density at radius 1 is 1.28 bits per heavy atom. The fourth-order valence-corrected chi connectivity index (χ4v) is 1.79. The van der Waals surface area contributed by atoms with E-state index in [0.717, 1.165) is 5.56 Å². The van der Waals surface area contributed by atoms with Crippen LogP contribution in [0.5, 0.6) is 0 Å². The molecule has 0 saturated heterocycles. The summed E-state index contributed by atoms with van der Waals surface area (Å²) in [6.45, 7) is 5.87. The van der Waals surface area contributed by atoms with Crippen molar-refractivity contribution in [3.8, 4) is 0 Å². The SMILES string of the molecule is CC(C)(C)C(=O)NCc1cc(NN)c(Cl)cc1Cl. The highest BCUT2D eigenvalue weighted by atomic mass is 35.5. The van der Waals surface area contributed by atoms with Gasteiger partial charge in [-0.3, -0.25) is 10.6 Å². The molecule has 0 spiro atoms. The molecule has 6 heteroatoms. The molecule has 4 nitrogen and oxygen atoms in total. The lowest BCUT2D eigenvalue weighted by molar-refractivity contribution is -0.128. The normalized spacial score (nSPS) is 11.2. The van der Waals surface area contributed by atoms with Gasteiger partial charge in [0.1, 0.15) is 0 Å². The fourth-order valence-electron chi connectivity index (χ4n) is 1.28. The van der Waals surface area contributed by atoms with Gasteiger partial charge in [0.15, 0.2) is 0 Å². The smallest absolute Gasteiger partial charge is 0.225 e. The predicted octanol–water partition coefficient (Wildman–Crippen LogP) is 2.94. The van der Waals surface area contributed by atoms with Gasteiger partial charge in [0, 0.05) is 17.0 Å². The second kappa shape index (κ2) is 5.78. The zero-order valence-electron chi connectivity index (χ0n) is 10.6. The molecule has 0 aliphatic heterocycles. The molecule has 0 aliphatic rings. The summed E-state index contributed by atoms with van der Waals surface area (Å²) in [5.41, 5.74) is 3.37. The summed E-state index contributed by atoms with van der Waals surface area (Å²) in [6.07, 6.45) is 0. The van der Waals surface area contributed by atoms with Crippen LogP contribution in [0.1, 0.15) is 26.3 Å². The van der Waals surface area contributed by atoms with Crippen LogP contribution in [0.25, 0.3) is 0 Å². The van der Waals surface area contributed by atoms with E-state index in [9.17, 15) is 4.79 Å². The van der Waals surface area contributed by atoms with Crippen molar-refractivity contribution in [2.24, 2.45) is 11.3 Å². The van der Waals surface area contributed by atoms with Crippen molar-refractivity contribution in [2.45, 2.75) is 27.3 Å². The zero-order chi connectivity index (χ0) is 13.9. The predicted molar refractivity (Wildman–Crippen MR) is 75.6 cm³/mol. The fraction of sp³-hybridized carbons (Fsp3) is 0.417. The summed E-state index contributed by atoms with van der Waals surface area (Å²) in [4.78, 5) is 11.8. The van der Waals surface area contributed by atoms with Crippen molar-refractivity contribution in [2.75, 3.05) is 5.43 Å². The summed E-state index contributed by atoms with van der Waals surface area (Å²) in [5, 5.41) is 3.75. The van der Waals surface area contributed by atoms with Crippen LogP contribution in [-0.2, 0) is 11.3 Å². The Labute approximate surface area is 117 Å². The van der Waals surface area contributed by atoms with E-state index in [-0.39, 0.29) is 5.91 Å². The van der Waals surface area contributed by atoms with Crippen LogP contribution in [-0.4, -0.2) is 5.91 Å². The van der Waals surface area contributed by atoms with E-state index in [1.165, 1.54) is 0 Å². The number of nitrogens with two attached hydrogens (primary N) is 1. The number of benzene rings is 1. The van der Waals surface area contributed by atoms with Crippen LogP contribution in [0.4, 0.5) is 5.69 Å². The van der Waals surface area contributed by atoms with Gasteiger partial charge in [-0.05, 0) is 17.7 Å². The van der Waals surface area contributed by atoms with Crippen LogP contribution in [0.3, 0.4) is 0 Å². The molecule has 1 rings (SSSR count). The molecule has 0 heterocycles. The minimum Gasteiger partial charge on any atom is -0.352 e. The highest BCUT2D eigenvalue weighted by Gasteiger charge is 2.21. The third-order valence-corrected chi connectivity index (χ3v) is 3.08. The van der Waals surface area contributed by atoms with Gasteiger partial charge in [-0.1, -0.05) is 44.0 Å². The Kier molecular flexibility index (Phi) is 4.85. The molecular weight excluding hydrogens is 273 g/mol. The Morgan fingerprint density at radius 3 is 2.39 bits per heavy atom. The second-order valence-electron chi connectivity index (χ2n) is 5.00. The summed E-state index contributed by atoms with van der Waals surface area (Å²) in [7, 11) is 0. The van der Waals surface area contributed by atoms with Gasteiger partial charge in [-0.25, -0.2) is 0 Å². The first-order chi connectivity index (χ1) is 8.25. The molecule has 0 saturated carbocycles. The molecule has 1 amide bonds. The highest BCUT2D eigenvalue weighted by molar-refractivity contribution is 6.36. The highest BCUT2D eigenvalue weighted by Crippen LogP contribution is 2.28. The number of carbonyl (C=O) groups excluding carboxylic acids is 1. The molecule has 0 atom stereocenters. The molecule has 0 unspecified atom stereocenters. The standard InChI is InChI=1S/C12H17Cl2N3O/c1-12(2,3)11(18)16-6-7-4-10(17-15)9(14)5-8(7)13/h4-5,17H,6,15H2,1-3H3,(H,16,18). The van der Waals surface area contributed by atoms with Gasteiger partial charge in [0.25, 0.3) is 0 Å². The third-order valence-electron chi connectivity index (χ3n) is 2.41. The van der Waals surface area contributed by atoms with E-state index >= 15 is 0 Å². The monoisotopic (exact) mass is 289 g/mol. The lowest BCUT2D eigenvalue weighted by Crippen LogP contribution is -2.34. The Morgan fingerprint density at radius 2 is 1.89 bits per heavy atom. The largest absolute Gasteiger partial charge is 0.352 e. The average molecular weight is 290 g/mol. The van der Waals surface area contributed by atoms with Crippen molar-refractivity contribution in [1.82, 2.24) is 5.32 Å². The lowest BCUT2D eigenvalue weighted by Gasteiger charge is -2.18. The number of nitrogen functional groups attached to an aromatic ring is 1. The summed E-state index contributed by atoms with van der Waals surface area (Å²) in [6, 6.07) is 3.31. The summed E-state index contributed by atoms with van der Waals surface area (Å²) < 4.78 is 0. The molecule has 0 aromatic heterocycles. The topological polar surface area (TPSA) is 67.2 Å². The maximum atomic E-state index is 11.8. The van der Waals surface area contributed by atoms with Crippen LogP contribution in [0, 0.1) is 5.41 Å². The average Bonchev–Trinajstić information content (AvgIpc) is 2.26. The second-order valence-corrected chi connectivity index (χ2v) is 5.81. The number of halogens is 2. The number of hydrogen-bond acceptors (Lipinski definition) is 3. The molecule has 0 bridgehead atoms. The van der Waals surface area contributed by atoms with Crippen LogP contribution >= 0.6 is 23.2 Å². The van der Waals surface area contributed by atoms with Gasteiger partial charge in [-0.15, -0.1) is 0 Å². The molecule has 18 heavy (non-hydrogen) atoms. The van der Waals surface area contributed by atoms with E-state index in [4.69, 9.17) is 29.0 Å². The third kappa shape index (κ3) is 3.77. The van der Waals surface area contributed by atoms with Crippen LogP contribution < -0.4 is 16.6 Å². The maximum Gasteiger partial charge on any atom is 0.225 e. The molecule has 0 radical (unpaired) electrons. The Hall–Kier alpha value is -0.970. The van der Waals surface area contributed by atoms with Gasteiger partial charge in [0.2, 0.25) is 5.91 Å². The quantitative estimate of drug-likeness (QED) is 0.592. The van der Waals surface area contributed by atoms with Crippen LogP contribution in [0.15, 0.2) is 12.1 Å². The van der Waals surface area contributed by atoms with Crippen molar-refractivity contribution in [3.63, 3.8) is 0 Å². The maximum absolute atomic E-state index is 11.8. The van der Waals surface area contributed by atoms with Crippen molar-refractivity contribution in [1.29, 1.82) is 0 Å². The number of hydrogen-bond donors (Lipinski definition) is 3. The van der Waals surface area contributed by atoms with Gasteiger partial charge in [0.05, 0.1) is 10.7 Å². The first-order valence-electron chi connectivity index (χ1n) is 5.48. The minimum absolute atomic E-state index is 0.0456. The Bertz CT molecular complexity index is 455. The molecule has 0 fully saturated rings. The number of anilines is 1. The van der Waals surface area contributed by atoms with Crippen molar-refractivity contribution in [3.05, 3.63) is 27.7 Å². The summed E-state index contributed by atoms with van der Waals surface area (Å²) in [5.74, 6) is 5.28. The van der Waals surface area contributed by atoms with Gasteiger partial charge in [-0.2, -0.15) is 0 Å². The Balaban J connectivity index is 2.83. The van der Waals surface area contributed by atoms with Crippen molar-refractivity contribution >= 4 is 34.8 Å². The van der Waals surface area contributed by atoms with Gasteiger partial charge < -0.3 is 10.7 Å². The summed E-state index contributed by atoms with van der Waals surface area (Å²) >= 11 is 12.0. The number of hydrazine groups is 1. The number of rotatable bonds is 3. The molecule has 1 aromatic rings. The van der Waals surface area contributed by atoms with E-state index in [1.54, 1.807) is 12.1 Å². The number of amides is 1. The van der Waals surface area contributed by atoms with Crippen LogP contribution in [0.2, 0.25) is 10.0 Å². The van der Waals surface area contributed by atoms with Gasteiger partial charge >= 0.3 is 0 Å². The van der Waals surface area contributed by atoms with Crippen molar-refractivity contribution < 1.29 is 4.79 Å². The number of carbonyl (C=O) groups is 1. The lowest BCUT2D eigenvalue weighted by atomic mass is 9.95. The molecule has 100 valence electrons. The molecule has 4 N–H and O–H groups in total. The minimum atomic E-state index is -0.437. The van der Waals surface area contributed by atoms with E-state index in [2.05, 4.69) is 10.7 Å². The molecule has 0 aliphatic carbocycles. The first-order valence-corrected chi connectivity index (χ1v) is 6.24. The molecule has 1 aromatic carbocycles. The van der Waals surface area contributed by atoms with E-state index < -0.39 is 5.41 Å². The number of nitrogens with one attached hydrogen (secondary N) is 2. The first kappa shape index (κ1) is 15.1. The van der Waals surface area contributed by atoms with E-state index in [1.807, 2.05) is 20.8 Å². The van der Waals surface area contributed by atoms with E-state index in [0.29, 0.717) is 22.3 Å². The molecular formula is C12H17Cl2N3O. The zero-order valence-corrected chi connectivity index (χ0v) is 12.1.